The highest BCUT2D eigenvalue weighted by Crippen LogP contribution is 2.32. The van der Waals surface area contributed by atoms with Crippen LogP contribution < -0.4 is 15.4 Å². The van der Waals surface area contributed by atoms with Gasteiger partial charge in [0.2, 0.25) is 5.88 Å². The van der Waals surface area contributed by atoms with E-state index < -0.39 is 0 Å². The molecule has 2 N–H and O–H groups in total. The van der Waals surface area contributed by atoms with Crippen LogP contribution in [0, 0.1) is 20.8 Å². The zero-order valence-electron chi connectivity index (χ0n) is 19.7. The largest absolute Gasteiger partial charge is 0.438 e. The van der Waals surface area contributed by atoms with Gasteiger partial charge in [0.05, 0.1) is 11.3 Å². The van der Waals surface area contributed by atoms with Gasteiger partial charge in [-0.15, -0.1) is 0 Å². The Bertz CT molecular complexity index is 1340. The Morgan fingerprint density at radius 1 is 0.912 bits per heavy atom. The summed E-state index contributed by atoms with van der Waals surface area (Å²) in [5.41, 5.74) is 5.94. The van der Waals surface area contributed by atoms with Crippen molar-refractivity contribution < 1.29 is 9.53 Å². The third-order valence-electron chi connectivity index (χ3n) is 5.35. The molecular formula is C27H27N5O2. The maximum atomic E-state index is 12.5. The number of hydrogen-bond donors (Lipinski definition) is 2. The molecule has 2 amide bonds. The summed E-state index contributed by atoms with van der Waals surface area (Å²) >= 11 is 0. The van der Waals surface area contributed by atoms with Crippen LogP contribution in [0.1, 0.15) is 29.4 Å². The van der Waals surface area contributed by atoms with Crippen LogP contribution in [-0.4, -0.2) is 21.0 Å². The highest BCUT2D eigenvalue weighted by Gasteiger charge is 2.13. The summed E-state index contributed by atoms with van der Waals surface area (Å²) in [5, 5.41) is 5.79. The molecule has 0 saturated carbocycles. The number of benzene rings is 2. The molecule has 0 spiro atoms. The second kappa shape index (κ2) is 10.1. The number of aromatic nitrogens is 3. The molecular weight excluding hydrogens is 426 g/mol. The van der Waals surface area contributed by atoms with Gasteiger partial charge in [-0.2, -0.15) is 0 Å². The summed E-state index contributed by atoms with van der Waals surface area (Å²) in [6.45, 7) is 7.89. The number of ether oxygens (including phenoxy) is 1. The Morgan fingerprint density at radius 2 is 1.76 bits per heavy atom. The molecule has 34 heavy (non-hydrogen) atoms. The van der Waals surface area contributed by atoms with Gasteiger partial charge in [-0.25, -0.2) is 19.7 Å². The molecule has 0 bridgehead atoms. The molecule has 0 unspecified atom stereocenters. The summed E-state index contributed by atoms with van der Waals surface area (Å²) in [4.78, 5) is 25.8. The average Bonchev–Trinajstić information content (AvgIpc) is 2.83. The van der Waals surface area contributed by atoms with Crippen molar-refractivity contribution in [1.82, 2.24) is 15.0 Å². The van der Waals surface area contributed by atoms with Crippen LogP contribution in [-0.2, 0) is 6.42 Å². The molecule has 0 aliphatic rings. The topological polar surface area (TPSA) is 89.0 Å². The standard InChI is InChI=1S/C27H27N5O2/c1-5-25-28-14-12-22(31-25)21-7-6-13-29-26(21)34-24-11-10-20(16-19(24)4)30-27(33)32-23-15-17(2)8-9-18(23)3/h6-16H,5H2,1-4H3,(H2,30,32,33). The number of nitrogens with one attached hydrogen (secondary N) is 2. The minimum atomic E-state index is -0.302. The van der Waals surface area contributed by atoms with Crippen molar-refractivity contribution in [2.75, 3.05) is 10.6 Å². The van der Waals surface area contributed by atoms with Crippen molar-refractivity contribution in [1.29, 1.82) is 0 Å². The van der Waals surface area contributed by atoms with Crippen LogP contribution in [0.4, 0.5) is 16.2 Å². The highest BCUT2D eigenvalue weighted by molar-refractivity contribution is 6.00. The van der Waals surface area contributed by atoms with E-state index in [4.69, 9.17) is 4.74 Å². The zero-order valence-corrected chi connectivity index (χ0v) is 19.7. The minimum Gasteiger partial charge on any atom is -0.438 e. The number of urea groups is 1. The first-order chi connectivity index (χ1) is 16.4. The SMILES string of the molecule is CCc1nccc(-c2cccnc2Oc2ccc(NC(=O)Nc3cc(C)ccc3C)cc2C)n1. The molecule has 7 heteroatoms. The smallest absolute Gasteiger partial charge is 0.323 e. The van der Waals surface area contributed by atoms with Gasteiger partial charge in [-0.3, -0.25) is 0 Å². The molecule has 2 heterocycles. The number of carbonyl (C=O) groups is 1. The van der Waals surface area contributed by atoms with Crippen molar-refractivity contribution in [2.45, 2.75) is 34.1 Å². The second-order valence-electron chi connectivity index (χ2n) is 8.05. The number of nitrogens with zero attached hydrogens (tertiary/aromatic N) is 3. The molecule has 0 radical (unpaired) electrons. The zero-order chi connectivity index (χ0) is 24.1. The van der Waals surface area contributed by atoms with Crippen LogP contribution >= 0.6 is 0 Å². The molecule has 0 fully saturated rings. The molecule has 0 atom stereocenters. The molecule has 4 rings (SSSR count). The fraction of sp³-hybridized carbons (Fsp3) is 0.185. The van der Waals surface area contributed by atoms with Crippen molar-refractivity contribution in [3.8, 4) is 22.9 Å². The number of carbonyl (C=O) groups excluding carboxylic acids is 1. The molecule has 7 nitrogen and oxygen atoms in total. The van der Waals surface area contributed by atoms with Crippen LogP contribution in [0.3, 0.4) is 0 Å². The molecule has 0 aliphatic heterocycles. The first-order valence-corrected chi connectivity index (χ1v) is 11.1. The molecule has 0 aliphatic carbocycles. The third kappa shape index (κ3) is 5.38. The lowest BCUT2D eigenvalue weighted by atomic mass is 10.1. The van der Waals surface area contributed by atoms with E-state index in [0.29, 0.717) is 17.3 Å². The molecule has 2 aromatic carbocycles. The van der Waals surface area contributed by atoms with E-state index >= 15 is 0 Å². The predicted octanol–water partition coefficient (Wildman–Crippen LogP) is 6.46. The highest BCUT2D eigenvalue weighted by atomic mass is 16.5. The van der Waals surface area contributed by atoms with Crippen molar-refractivity contribution in [3.63, 3.8) is 0 Å². The van der Waals surface area contributed by atoms with E-state index in [1.807, 2.05) is 76.2 Å². The summed E-state index contributed by atoms with van der Waals surface area (Å²) in [7, 11) is 0. The van der Waals surface area contributed by atoms with Gasteiger partial charge < -0.3 is 15.4 Å². The van der Waals surface area contributed by atoms with Gasteiger partial charge in [0.15, 0.2) is 0 Å². The van der Waals surface area contributed by atoms with E-state index in [2.05, 4.69) is 25.6 Å². The number of amides is 2. The van der Waals surface area contributed by atoms with E-state index in [0.717, 1.165) is 45.9 Å². The normalized spacial score (nSPS) is 10.6. The van der Waals surface area contributed by atoms with Crippen LogP contribution in [0.15, 0.2) is 67.0 Å². The second-order valence-corrected chi connectivity index (χ2v) is 8.05. The fourth-order valence-corrected chi connectivity index (χ4v) is 3.49. The maximum Gasteiger partial charge on any atom is 0.323 e. The predicted molar refractivity (Wildman–Crippen MR) is 134 cm³/mol. The first-order valence-electron chi connectivity index (χ1n) is 11.1. The fourth-order valence-electron chi connectivity index (χ4n) is 3.49. The minimum absolute atomic E-state index is 0.302. The van der Waals surface area contributed by atoms with Crippen molar-refractivity contribution >= 4 is 17.4 Å². The molecule has 2 aromatic heterocycles. The molecule has 172 valence electrons. The lowest BCUT2D eigenvalue weighted by molar-refractivity contribution is 0.262. The van der Waals surface area contributed by atoms with E-state index in [1.165, 1.54) is 0 Å². The number of pyridine rings is 1. The average molecular weight is 454 g/mol. The summed E-state index contributed by atoms with van der Waals surface area (Å²) in [5.74, 6) is 1.86. The third-order valence-corrected chi connectivity index (χ3v) is 5.35. The molecule has 0 saturated heterocycles. The summed E-state index contributed by atoms with van der Waals surface area (Å²) in [6, 6.07) is 16.7. The lowest BCUT2D eigenvalue weighted by Gasteiger charge is -2.14. The molecule has 4 aromatic rings. The number of hydrogen-bond acceptors (Lipinski definition) is 5. The lowest BCUT2D eigenvalue weighted by Crippen LogP contribution is -2.20. The Balaban J connectivity index is 1.50. The van der Waals surface area contributed by atoms with Gasteiger partial charge >= 0.3 is 6.03 Å². The number of anilines is 2. The summed E-state index contributed by atoms with van der Waals surface area (Å²) < 4.78 is 6.15. The number of rotatable bonds is 6. The first kappa shape index (κ1) is 22.9. The van der Waals surface area contributed by atoms with Crippen LogP contribution in [0.5, 0.6) is 11.6 Å². The monoisotopic (exact) mass is 453 g/mol. The van der Waals surface area contributed by atoms with E-state index in [1.54, 1.807) is 18.5 Å². The van der Waals surface area contributed by atoms with Crippen molar-refractivity contribution in [3.05, 3.63) is 89.5 Å². The van der Waals surface area contributed by atoms with Gasteiger partial charge in [-0.1, -0.05) is 19.1 Å². The Hall–Kier alpha value is -4.26. The van der Waals surface area contributed by atoms with Gasteiger partial charge in [0.25, 0.3) is 0 Å². The quantitative estimate of drug-likeness (QED) is 0.350. The van der Waals surface area contributed by atoms with Crippen molar-refractivity contribution in [2.24, 2.45) is 0 Å². The van der Waals surface area contributed by atoms with Gasteiger partial charge in [-0.05, 0) is 79.9 Å². The Labute approximate surface area is 199 Å². The van der Waals surface area contributed by atoms with Crippen LogP contribution in [0.2, 0.25) is 0 Å². The summed E-state index contributed by atoms with van der Waals surface area (Å²) in [6.07, 6.45) is 4.17. The van der Waals surface area contributed by atoms with E-state index in [-0.39, 0.29) is 6.03 Å². The van der Waals surface area contributed by atoms with Crippen LogP contribution in [0.25, 0.3) is 11.3 Å². The van der Waals surface area contributed by atoms with E-state index in [9.17, 15) is 4.79 Å². The Kier molecular flexibility index (Phi) is 6.82. The van der Waals surface area contributed by atoms with Gasteiger partial charge in [0.1, 0.15) is 11.6 Å². The maximum absolute atomic E-state index is 12.5. The van der Waals surface area contributed by atoms with Gasteiger partial charge in [0, 0.05) is 30.2 Å². The Morgan fingerprint density at radius 3 is 2.56 bits per heavy atom. The number of aryl methyl sites for hydroxylation is 4.